The van der Waals surface area contributed by atoms with Crippen LogP contribution in [0, 0.1) is 6.92 Å². The highest BCUT2D eigenvalue weighted by atomic mass is 79.9. The fourth-order valence-electron chi connectivity index (χ4n) is 3.21. The van der Waals surface area contributed by atoms with Gasteiger partial charge in [0.25, 0.3) is 5.91 Å². The number of hydrazone groups is 1. The lowest BCUT2D eigenvalue weighted by atomic mass is 10.1. The van der Waals surface area contributed by atoms with Gasteiger partial charge in [-0.2, -0.15) is 5.10 Å². The first-order valence-electron chi connectivity index (χ1n) is 10.4. The predicted molar refractivity (Wildman–Crippen MR) is 139 cm³/mol. The molecule has 0 aliphatic rings. The Morgan fingerprint density at radius 3 is 2.62 bits per heavy atom. The second-order valence-electron chi connectivity index (χ2n) is 7.31. The number of carbonyl (C=O) groups excluding carboxylic acids is 1. The zero-order chi connectivity index (χ0) is 23.9. The molecule has 0 unspecified atom stereocenters. The molecule has 9 heteroatoms. The number of nitrogens with one attached hydrogen (secondary N) is 1. The monoisotopic (exact) mass is 535 g/mol. The summed E-state index contributed by atoms with van der Waals surface area (Å²) in [6.45, 7) is 2.04. The molecule has 0 aliphatic carbocycles. The Morgan fingerprint density at radius 2 is 1.88 bits per heavy atom. The van der Waals surface area contributed by atoms with Gasteiger partial charge in [0.2, 0.25) is 0 Å². The Hall–Kier alpha value is -3.43. The number of halogens is 1. The van der Waals surface area contributed by atoms with Gasteiger partial charge < -0.3 is 4.74 Å². The number of nitrogens with zero attached hydrogens (tertiary/aromatic N) is 4. The van der Waals surface area contributed by atoms with Crippen molar-refractivity contribution < 1.29 is 9.53 Å². The number of hydrogen-bond donors (Lipinski definition) is 1. The second kappa shape index (κ2) is 11.1. The first kappa shape index (κ1) is 23.7. The molecule has 34 heavy (non-hydrogen) atoms. The molecule has 0 aliphatic heterocycles. The topological polar surface area (TPSA) is 81.4 Å². The number of hydrogen-bond acceptors (Lipinski definition) is 6. The molecule has 0 radical (unpaired) electrons. The smallest absolute Gasteiger partial charge is 0.250 e. The van der Waals surface area contributed by atoms with Crippen molar-refractivity contribution in [1.82, 2.24) is 20.2 Å². The lowest BCUT2D eigenvalue weighted by Gasteiger charge is -2.10. The zero-order valence-electron chi connectivity index (χ0n) is 18.6. The van der Waals surface area contributed by atoms with Gasteiger partial charge in [0.1, 0.15) is 5.75 Å². The van der Waals surface area contributed by atoms with E-state index in [1.807, 2.05) is 84.3 Å². The van der Waals surface area contributed by atoms with Crippen LogP contribution in [-0.2, 0) is 4.79 Å². The Kier molecular flexibility index (Phi) is 7.76. The van der Waals surface area contributed by atoms with Crippen molar-refractivity contribution in [3.63, 3.8) is 0 Å². The molecule has 0 fully saturated rings. The summed E-state index contributed by atoms with van der Waals surface area (Å²) >= 11 is 4.72. The van der Waals surface area contributed by atoms with E-state index in [4.69, 9.17) is 4.74 Å². The highest BCUT2D eigenvalue weighted by molar-refractivity contribution is 9.10. The van der Waals surface area contributed by atoms with Crippen molar-refractivity contribution in [2.45, 2.75) is 12.1 Å². The summed E-state index contributed by atoms with van der Waals surface area (Å²) in [6, 6.07) is 23.5. The van der Waals surface area contributed by atoms with Crippen LogP contribution in [0.5, 0.6) is 5.75 Å². The molecule has 172 valence electrons. The van der Waals surface area contributed by atoms with E-state index < -0.39 is 0 Å². The van der Waals surface area contributed by atoms with E-state index in [-0.39, 0.29) is 11.7 Å². The van der Waals surface area contributed by atoms with Gasteiger partial charge >= 0.3 is 0 Å². The number of para-hydroxylation sites is 1. The Morgan fingerprint density at radius 1 is 1.12 bits per heavy atom. The lowest BCUT2D eigenvalue weighted by molar-refractivity contribution is -0.118. The molecule has 4 rings (SSSR count). The van der Waals surface area contributed by atoms with Crippen LogP contribution in [0.15, 0.2) is 87.5 Å². The highest BCUT2D eigenvalue weighted by Crippen LogP contribution is 2.28. The molecule has 1 aromatic heterocycles. The largest absolute Gasteiger partial charge is 0.496 e. The highest BCUT2D eigenvalue weighted by Gasteiger charge is 2.17. The molecule has 4 aromatic rings. The van der Waals surface area contributed by atoms with Crippen LogP contribution < -0.4 is 10.2 Å². The molecule has 1 amide bonds. The number of amides is 1. The Labute approximate surface area is 210 Å². The van der Waals surface area contributed by atoms with Crippen LogP contribution in [0.4, 0.5) is 0 Å². The van der Waals surface area contributed by atoms with Crippen LogP contribution in [0.2, 0.25) is 0 Å². The fraction of sp³-hybridized carbons (Fsp3) is 0.120. The van der Waals surface area contributed by atoms with Crippen molar-refractivity contribution in [2.75, 3.05) is 12.9 Å². The first-order valence-corrected chi connectivity index (χ1v) is 12.2. The maximum atomic E-state index is 12.4. The maximum Gasteiger partial charge on any atom is 0.250 e. The lowest BCUT2D eigenvalue weighted by Crippen LogP contribution is -2.20. The molecule has 1 heterocycles. The summed E-state index contributed by atoms with van der Waals surface area (Å²) in [5.74, 6) is 1.25. The third kappa shape index (κ3) is 5.73. The summed E-state index contributed by atoms with van der Waals surface area (Å²) in [6.07, 6.45) is 1.55. The van der Waals surface area contributed by atoms with E-state index in [0.29, 0.717) is 16.7 Å². The van der Waals surface area contributed by atoms with Crippen molar-refractivity contribution in [3.8, 4) is 22.8 Å². The number of carbonyl (C=O) groups is 1. The number of aromatic nitrogens is 3. The van der Waals surface area contributed by atoms with E-state index in [9.17, 15) is 4.79 Å². The van der Waals surface area contributed by atoms with Crippen molar-refractivity contribution >= 4 is 39.8 Å². The van der Waals surface area contributed by atoms with Gasteiger partial charge in [-0.3, -0.25) is 9.36 Å². The number of ether oxygens (including phenoxy) is 1. The van der Waals surface area contributed by atoms with Gasteiger partial charge in [-0.15, -0.1) is 10.2 Å². The molecular formula is C25H22BrN5O2S. The fourth-order valence-corrected chi connectivity index (χ4v) is 4.33. The van der Waals surface area contributed by atoms with Crippen molar-refractivity contribution in [1.29, 1.82) is 0 Å². The number of benzene rings is 3. The van der Waals surface area contributed by atoms with Gasteiger partial charge in [-0.25, -0.2) is 5.43 Å². The number of methoxy groups -OCH3 is 1. The molecule has 7 nitrogen and oxygen atoms in total. The number of thioether (sulfide) groups is 1. The van der Waals surface area contributed by atoms with Crippen LogP contribution >= 0.6 is 27.7 Å². The molecule has 1 N–H and O–H groups in total. The number of rotatable bonds is 8. The molecular weight excluding hydrogens is 514 g/mol. The van der Waals surface area contributed by atoms with E-state index in [1.165, 1.54) is 17.3 Å². The van der Waals surface area contributed by atoms with Crippen molar-refractivity contribution in [3.05, 3.63) is 88.4 Å². The average molecular weight is 536 g/mol. The predicted octanol–water partition coefficient (Wildman–Crippen LogP) is 5.26. The molecule has 0 saturated carbocycles. The van der Waals surface area contributed by atoms with Crippen LogP contribution in [-0.4, -0.2) is 39.7 Å². The van der Waals surface area contributed by atoms with Gasteiger partial charge in [0.05, 0.1) is 19.1 Å². The molecule has 0 atom stereocenters. The molecule has 0 bridgehead atoms. The van der Waals surface area contributed by atoms with Crippen LogP contribution in [0.3, 0.4) is 0 Å². The molecule has 0 spiro atoms. The quantitative estimate of drug-likeness (QED) is 0.189. The minimum absolute atomic E-state index is 0.131. The Bertz CT molecular complexity index is 1310. The molecule has 3 aromatic carbocycles. The van der Waals surface area contributed by atoms with Crippen LogP contribution in [0.25, 0.3) is 17.1 Å². The summed E-state index contributed by atoms with van der Waals surface area (Å²) < 4.78 is 8.16. The van der Waals surface area contributed by atoms with Gasteiger partial charge in [-0.05, 0) is 37.3 Å². The standard InChI is InChI=1S/C25H22BrN5O2S/c1-17-8-10-18(11-9-17)24-29-30-25(31(24)21-6-4-3-5-7-21)34-16-23(32)28-27-15-19-14-20(26)12-13-22(19)33-2/h3-15H,16H2,1-2H3,(H,28,32)/b27-15+. The third-order valence-corrected chi connectivity index (χ3v) is 6.30. The van der Waals surface area contributed by atoms with Crippen LogP contribution in [0.1, 0.15) is 11.1 Å². The normalized spacial score (nSPS) is 11.0. The van der Waals surface area contributed by atoms with E-state index in [2.05, 4.69) is 36.7 Å². The minimum atomic E-state index is -0.255. The summed E-state index contributed by atoms with van der Waals surface area (Å²) in [5.41, 5.74) is 6.34. The maximum absolute atomic E-state index is 12.4. The average Bonchev–Trinajstić information content (AvgIpc) is 3.28. The minimum Gasteiger partial charge on any atom is -0.496 e. The Balaban J connectivity index is 1.49. The second-order valence-corrected chi connectivity index (χ2v) is 9.17. The zero-order valence-corrected chi connectivity index (χ0v) is 21.0. The van der Waals surface area contributed by atoms with Gasteiger partial charge in [-0.1, -0.05) is 75.7 Å². The van der Waals surface area contributed by atoms with E-state index in [1.54, 1.807) is 13.3 Å². The summed E-state index contributed by atoms with van der Waals surface area (Å²) in [5, 5.41) is 13.5. The van der Waals surface area contributed by atoms with Crippen molar-refractivity contribution in [2.24, 2.45) is 5.10 Å². The van der Waals surface area contributed by atoms with E-state index in [0.717, 1.165) is 21.3 Å². The summed E-state index contributed by atoms with van der Waals surface area (Å²) in [4.78, 5) is 12.4. The van der Waals surface area contributed by atoms with Gasteiger partial charge in [0, 0.05) is 21.3 Å². The third-order valence-electron chi connectivity index (χ3n) is 4.87. The van der Waals surface area contributed by atoms with Gasteiger partial charge in [0.15, 0.2) is 11.0 Å². The SMILES string of the molecule is COc1ccc(Br)cc1/C=N/NC(=O)CSc1nnc(-c2ccc(C)cc2)n1-c1ccccc1. The first-order chi connectivity index (χ1) is 16.5. The van der Waals surface area contributed by atoms with E-state index >= 15 is 0 Å². The summed E-state index contributed by atoms with van der Waals surface area (Å²) in [7, 11) is 1.59. The molecule has 0 saturated heterocycles. The number of aryl methyl sites for hydroxylation is 1.